The summed E-state index contributed by atoms with van der Waals surface area (Å²) in [4.78, 5) is 52.5. The Balaban J connectivity index is 2.08. The number of amides is 4. The van der Waals surface area contributed by atoms with E-state index >= 15 is 0 Å². The Bertz CT molecular complexity index is 714. The molecular formula is C19H30N6O4S2. The van der Waals surface area contributed by atoms with Crippen LogP contribution in [0.2, 0.25) is 0 Å². The number of hydrogen-bond donors (Lipinski definition) is 2. The zero-order chi connectivity index (χ0) is 23.0. The summed E-state index contributed by atoms with van der Waals surface area (Å²) < 4.78 is 0. The number of thioether (sulfide) groups is 2. The summed E-state index contributed by atoms with van der Waals surface area (Å²) in [5.74, 6) is -1.91. The van der Waals surface area contributed by atoms with Crippen LogP contribution in [0.25, 0.3) is 0 Å². The van der Waals surface area contributed by atoms with Gasteiger partial charge in [0.2, 0.25) is 11.8 Å². The van der Waals surface area contributed by atoms with Crippen molar-refractivity contribution < 1.29 is 19.2 Å². The highest BCUT2D eigenvalue weighted by molar-refractivity contribution is 8.15. The summed E-state index contributed by atoms with van der Waals surface area (Å²) in [7, 11) is 0. The normalized spacial score (nSPS) is 20.3. The second-order valence-electron chi connectivity index (χ2n) is 7.27. The van der Waals surface area contributed by atoms with Gasteiger partial charge >= 0.3 is 0 Å². The molecule has 0 aliphatic carbocycles. The quantitative estimate of drug-likeness (QED) is 0.367. The van der Waals surface area contributed by atoms with Gasteiger partial charge in [0.15, 0.2) is 10.3 Å². The Morgan fingerprint density at radius 1 is 0.903 bits per heavy atom. The topological polar surface area (TPSA) is 124 Å². The molecule has 0 aromatic rings. The molecule has 2 aliphatic heterocycles. The summed E-state index contributed by atoms with van der Waals surface area (Å²) in [6.07, 6.45) is 2.14. The van der Waals surface area contributed by atoms with Gasteiger partial charge in [0, 0.05) is 13.1 Å². The number of carbonyl (C=O) groups excluding carboxylic acids is 4. The average Bonchev–Trinajstić information content (AvgIpc) is 3.28. The summed E-state index contributed by atoms with van der Waals surface area (Å²) in [6, 6.07) is 0. The lowest BCUT2D eigenvalue weighted by molar-refractivity contribution is -0.137. The van der Waals surface area contributed by atoms with E-state index in [1.165, 1.54) is 33.3 Å². The Labute approximate surface area is 191 Å². The van der Waals surface area contributed by atoms with Crippen molar-refractivity contribution in [3.05, 3.63) is 0 Å². The molecule has 0 radical (unpaired) electrons. The van der Waals surface area contributed by atoms with Crippen LogP contribution in [0.4, 0.5) is 0 Å². The highest BCUT2D eigenvalue weighted by Crippen LogP contribution is 2.21. The molecule has 0 aromatic carbocycles. The summed E-state index contributed by atoms with van der Waals surface area (Å²) in [5, 5.41) is 9.04. The van der Waals surface area contributed by atoms with E-state index in [1.54, 1.807) is 6.92 Å². The number of nitrogens with zero attached hydrogens (tertiary/aromatic N) is 4. The summed E-state index contributed by atoms with van der Waals surface area (Å²) >= 11 is 2.51. The third-order valence-electron chi connectivity index (χ3n) is 4.91. The number of hydrazone groups is 2. The lowest BCUT2D eigenvalue weighted by Gasteiger charge is -2.20. The zero-order valence-corrected chi connectivity index (χ0v) is 20.0. The van der Waals surface area contributed by atoms with Crippen molar-refractivity contribution in [3.63, 3.8) is 0 Å². The van der Waals surface area contributed by atoms with Gasteiger partial charge < -0.3 is 0 Å². The second-order valence-corrected chi connectivity index (χ2v) is 9.16. The van der Waals surface area contributed by atoms with Gasteiger partial charge in [0.05, 0.1) is 11.5 Å². The zero-order valence-electron chi connectivity index (χ0n) is 18.3. The molecule has 0 saturated carbocycles. The number of nitrogens with one attached hydrogen (secondary N) is 2. The Morgan fingerprint density at radius 2 is 1.32 bits per heavy atom. The van der Waals surface area contributed by atoms with Crippen LogP contribution in [0.5, 0.6) is 0 Å². The van der Waals surface area contributed by atoms with Gasteiger partial charge in [-0.15, -0.1) is 10.2 Å². The first-order chi connectivity index (χ1) is 14.8. The maximum absolute atomic E-state index is 12.8. The lowest BCUT2D eigenvalue weighted by Crippen LogP contribution is -2.43. The molecular weight excluding hydrogens is 440 g/mol. The van der Waals surface area contributed by atoms with E-state index in [1.807, 2.05) is 20.8 Å². The van der Waals surface area contributed by atoms with Gasteiger partial charge in [-0.25, -0.2) is 10.9 Å². The lowest BCUT2D eigenvalue weighted by atomic mass is 9.90. The maximum Gasteiger partial charge on any atom is 0.253 e. The SMILES string of the molecule is CCCN1C(=O)CS/C1=N/NC(=O)C(C(=O)N/N=C1/SCC(=O)N1CCC)C(C)CC. The van der Waals surface area contributed by atoms with Crippen LogP contribution in [0.3, 0.4) is 0 Å². The molecule has 0 aromatic heterocycles. The van der Waals surface area contributed by atoms with E-state index < -0.39 is 17.7 Å². The first-order valence-corrected chi connectivity index (χ1v) is 12.4. The van der Waals surface area contributed by atoms with Crippen molar-refractivity contribution in [3.8, 4) is 0 Å². The van der Waals surface area contributed by atoms with Crippen molar-refractivity contribution >= 4 is 57.5 Å². The van der Waals surface area contributed by atoms with Crippen LogP contribution in [-0.4, -0.2) is 68.4 Å². The van der Waals surface area contributed by atoms with E-state index in [0.717, 1.165) is 12.8 Å². The van der Waals surface area contributed by atoms with Crippen molar-refractivity contribution in [1.82, 2.24) is 20.7 Å². The van der Waals surface area contributed by atoms with Crippen molar-refractivity contribution in [1.29, 1.82) is 0 Å². The summed E-state index contributed by atoms with van der Waals surface area (Å²) in [5.41, 5.74) is 4.90. The predicted molar refractivity (Wildman–Crippen MR) is 123 cm³/mol. The molecule has 2 fully saturated rings. The van der Waals surface area contributed by atoms with Crippen LogP contribution >= 0.6 is 23.5 Å². The van der Waals surface area contributed by atoms with Crippen molar-refractivity contribution in [2.45, 2.75) is 47.0 Å². The van der Waals surface area contributed by atoms with E-state index in [2.05, 4.69) is 21.1 Å². The molecule has 2 N–H and O–H groups in total. The molecule has 172 valence electrons. The van der Waals surface area contributed by atoms with Crippen molar-refractivity contribution in [2.24, 2.45) is 22.0 Å². The molecule has 2 rings (SSSR count). The van der Waals surface area contributed by atoms with E-state index in [9.17, 15) is 19.2 Å². The molecule has 4 amide bonds. The van der Waals surface area contributed by atoms with Crippen molar-refractivity contribution in [2.75, 3.05) is 24.6 Å². The molecule has 2 aliphatic rings. The molecule has 1 atom stereocenters. The molecule has 31 heavy (non-hydrogen) atoms. The van der Waals surface area contributed by atoms with E-state index in [0.29, 0.717) is 29.8 Å². The van der Waals surface area contributed by atoms with Crippen LogP contribution in [0.1, 0.15) is 47.0 Å². The highest BCUT2D eigenvalue weighted by atomic mass is 32.2. The first-order valence-electron chi connectivity index (χ1n) is 10.4. The van der Waals surface area contributed by atoms with Crippen LogP contribution in [0.15, 0.2) is 10.2 Å². The first kappa shape index (κ1) is 25.2. The fourth-order valence-corrected chi connectivity index (χ4v) is 4.80. The van der Waals surface area contributed by atoms with Crippen LogP contribution in [0, 0.1) is 11.8 Å². The minimum Gasteiger partial charge on any atom is -0.289 e. The fourth-order valence-electron chi connectivity index (χ4n) is 3.07. The van der Waals surface area contributed by atoms with Gasteiger partial charge in [-0.05, 0) is 18.8 Å². The second kappa shape index (κ2) is 12.1. The molecule has 1 unspecified atom stereocenters. The molecule has 2 saturated heterocycles. The predicted octanol–water partition coefficient (Wildman–Crippen LogP) is 1.39. The van der Waals surface area contributed by atoms with Gasteiger partial charge in [-0.1, -0.05) is 57.6 Å². The van der Waals surface area contributed by atoms with Crippen LogP contribution in [-0.2, 0) is 19.2 Å². The van der Waals surface area contributed by atoms with Gasteiger partial charge in [0.25, 0.3) is 11.8 Å². The standard InChI is InChI=1S/C19H30N6O4S2/c1-5-8-24-13(26)10-30-18(24)22-20-16(28)15(12(4)7-3)17(29)21-23-19-25(9-6-2)14(27)11-31-19/h12,15H,5-11H2,1-4H3,(H,20,28)(H,21,29)/b22-18+,23-19+. The van der Waals surface area contributed by atoms with Gasteiger partial charge in [-0.2, -0.15) is 0 Å². The third-order valence-corrected chi connectivity index (χ3v) is 6.83. The molecule has 0 bridgehead atoms. The number of hydrogen-bond acceptors (Lipinski definition) is 8. The summed E-state index contributed by atoms with van der Waals surface area (Å²) in [6.45, 7) is 8.65. The van der Waals surface area contributed by atoms with E-state index in [4.69, 9.17) is 0 Å². The monoisotopic (exact) mass is 470 g/mol. The Hall–Kier alpha value is -2.08. The fraction of sp³-hybridized carbons (Fsp3) is 0.684. The molecule has 0 spiro atoms. The Morgan fingerprint density at radius 3 is 1.68 bits per heavy atom. The molecule has 2 heterocycles. The molecule has 12 heteroatoms. The Kier molecular flexibility index (Phi) is 9.82. The van der Waals surface area contributed by atoms with Gasteiger partial charge in [-0.3, -0.25) is 29.0 Å². The minimum absolute atomic E-state index is 0.0489. The van der Waals surface area contributed by atoms with Gasteiger partial charge in [0.1, 0.15) is 5.92 Å². The third kappa shape index (κ3) is 6.45. The maximum atomic E-state index is 12.8. The molecule has 10 nitrogen and oxygen atoms in total. The van der Waals surface area contributed by atoms with Crippen LogP contribution < -0.4 is 10.9 Å². The van der Waals surface area contributed by atoms with E-state index in [-0.39, 0.29) is 29.2 Å². The largest absolute Gasteiger partial charge is 0.289 e. The average molecular weight is 471 g/mol. The minimum atomic E-state index is -1.01. The number of rotatable bonds is 10. The highest BCUT2D eigenvalue weighted by Gasteiger charge is 2.34. The number of carbonyl (C=O) groups is 4. The smallest absolute Gasteiger partial charge is 0.253 e. The number of amidine groups is 2.